The molecule has 0 saturated heterocycles. The molecular formula is C19H28N5O6+. The minimum atomic E-state index is -0.452. The Hall–Kier alpha value is -3.02. The largest absolute Gasteiger partial charge is 0.390 e. The first-order valence-corrected chi connectivity index (χ1v) is 9.61. The Bertz CT molecular complexity index is 984. The lowest BCUT2D eigenvalue weighted by Crippen LogP contribution is -2.50. The fourth-order valence-corrected chi connectivity index (χ4v) is 3.18. The fourth-order valence-electron chi connectivity index (χ4n) is 3.18. The molecule has 30 heavy (non-hydrogen) atoms. The minimum Gasteiger partial charge on any atom is -0.390 e. The molecule has 0 spiro atoms. The molecule has 11 heteroatoms. The Balaban J connectivity index is 1.93. The lowest BCUT2D eigenvalue weighted by molar-refractivity contribution is -1.10. The summed E-state index contributed by atoms with van der Waals surface area (Å²) < 4.78 is 1.94. The first-order chi connectivity index (χ1) is 14.2. The first-order valence-electron chi connectivity index (χ1n) is 9.61. The third-order valence-corrected chi connectivity index (χ3v) is 5.06. The zero-order chi connectivity index (χ0) is 22.3. The van der Waals surface area contributed by atoms with Crippen LogP contribution in [0.25, 0.3) is 0 Å². The predicted octanol–water partition coefficient (Wildman–Crippen LogP) is 0.235. The molecule has 3 N–H and O–H groups in total. The summed E-state index contributed by atoms with van der Waals surface area (Å²) in [6, 6.07) is 7.58. The lowest BCUT2D eigenvalue weighted by Gasteiger charge is -2.30. The highest BCUT2D eigenvalue weighted by atomic mass is 16.6. The van der Waals surface area contributed by atoms with Gasteiger partial charge in [0.15, 0.2) is 0 Å². The SMILES string of the molecule is Cn1c(NCC[N+](O)(CCO)CCCc2ccc([N+](=O)[O-])cc2)cc(=O)n(C)c1=O. The van der Waals surface area contributed by atoms with Gasteiger partial charge in [-0.15, -0.1) is 0 Å². The van der Waals surface area contributed by atoms with Gasteiger partial charge < -0.3 is 10.4 Å². The fraction of sp³-hybridized carbons (Fsp3) is 0.474. The Morgan fingerprint density at radius 3 is 2.37 bits per heavy atom. The van der Waals surface area contributed by atoms with Crippen LogP contribution in [-0.2, 0) is 20.5 Å². The highest BCUT2D eigenvalue weighted by Gasteiger charge is 2.24. The second-order valence-electron chi connectivity index (χ2n) is 7.21. The molecule has 164 valence electrons. The number of anilines is 1. The molecule has 2 aromatic rings. The molecule has 0 radical (unpaired) electrons. The topological polar surface area (TPSA) is 140 Å². The first kappa shape index (κ1) is 23.3. The maximum atomic E-state index is 12.0. The van der Waals surface area contributed by atoms with Gasteiger partial charge in [0.2, 0.25) is 0 Å². The molecule has 0 aliphatic carbocycles. The molecule has 1 aromatic heterocycles. The number of aryl methyl sites for hydroxylation is 1. The number of nitrogens with zero attached hydrogens (tertiary/aromatic N) is 4. The van der Waals surface area contributed by atoms with Gasteiger partial charge in [0.25, 0.3) is 11.2 Å². The van der Waals surface area contributed by atoms with Crippen molar-refractivity contribution in [1.82, 2.24) is 9.13 Å². The molecule has 0 amide bonds. The van der Waals surface area contributed by atoms with Crippen LogP contribution in [0.2, 0.25) is 0 Å². The van der Waals surface area contributed by atoms with Gasteiger partial charge in [-0.2, -0.15) is 4.65 Å². The van der Waals surface area contributed by atoms with E-state index < -0.39 is 16.2 Å². The van der Waals surface area contributed by atoms with Gasteiger partial charge in [0, 0.05) is 38.7 Å². The van der Waals surface area contributed by atoms with Crippen LogP contribution in [-0.4, -0.2) is 61.8 Å². The monoisotopic (exact) mass is 422 g/mol. The van der Waals surface area contributed by atoms with Crippen LogP contribution in [0.15, 0.2) is 39.9 Å². The second kappa shape index (κ2) is 10.1. The summed E-state index contributed by atoms with van der Waals surface area (Å²) in [5, 5.41) is 33.8. The van der Waals surface area contributed by atoms with Crippen LogP contribution < -0.4 is 16.6 Å². The summed E-state index contributed by atoms with van der Waals surface area (Å²) in [5.74, 6) is 0.351. The number of hydroxylamine groups is 3. The van der Waals surface area contributed by atoms with E-state index >= 15 is 0 Å². The van der Waals surface area contributed by atoms with Gasteiger partial charge >= 0.3 is 5.69 Å². The van der Waals surface area contributed by atoms with Crippen molar-refractivity contribution in [3.8, 4) is 0 Å². The van der Waals surface area contributed by atoms with Gasteiger partial charge in [0.05, 0.1) is 18.1 Å². The Kier molecular flexibility index (Phi) is 7.86. The summed E-state index contributed by atoms with van der Waals surface area (Å²) in [7, 11) is 2.94. The Labute approximate surface area is 173 Å². The van der Waals surface area contributed by atoms with Gasteiger partial charge in [-0.25, -0.2) is 10.0 Å². The van der Waals surface area contributed by atoms with E-state index in [0.29, 0.717) is 25.2 Å². The number of hydrogen-bond acceptors (Lipinski definition) is 7. The van der Waals surface area contributed by atoms with Gasteiger partial charge in [-0.1, -0.05) is 12.1 Å². The summed E-state index contributed by atoms with van der Waals surface area (Å²) in [6.45, 7) is 0.850. The van der Waals surface area contributed by atoms with Gasteiger partial charge in [0.1, 0.15) is 25.5 Å². The molecular weight excluding hydrogens is 394 g/mol. The molecule has 1 heterocycles. The van der Waals surface area contributed by atoms with Crippen LogP contribution in [0, 0.1) is 10.1 Å². The number of nitrogens with one attached hydrogen (secondary N) is 1. The van der Waals surface area contributed by atoms with Crippen molar-refractivity contribution >= 4 is 11.5 Å². The van der Waals surface area contributed by atoms with E-state index in [4.69, 9.17) is 0 Å². The summed E-state index contributed by atoms with van der Waals surface area (Å²) in [5.41, 5.74) is 0.0731. The van der Waals surface area contributed by atoms with Crippen molar-refractivity contribution in [3.05, 3.63) is 66.8 Å². The van der Waals surface area contributed by atoms with Crippen molar-refractivity contribution < 1.29 is 19.9 Å². The van der Waals surface area contributed by atoms with E-state index in [1.54, 1.807) is 19.2 Å². The number of aliphatic hydroxyl groups excluding tert-OH is 1. The van der Waals surface area contributed by atoms with E-state index in [0.717, 1.165) is 10.1 Å². The molecule has 2 rings (SSSR count). The van der Waals surface area contributed by atoms with Crippen molar-refractivity contribution in [2.45, 2.75) is 12.8 Å². The summed E-state index contributed by atoms with van der Waals surface area (Å²) in [4.78, 5) is 34.0. The van der Waals surface area contributed by atoms with E-state index in [9.17, 15) is 30.0 Å². The van der Waals surface area contributed by atoms with Crippen LogP contribution in [0.3, 0.4) is 0 Å². The molecule has 1 aromatic carbocycles. The summed E-state index contributed by atoms with van der Waals surface area (Å²) in [6.07, 6.45) is 1.24. The molecule has 0 bridgehead atoms. The minimum absolute atomic E-state index is 0.0301. The smallest absolute Gasteiger partial charge is 0.332 e. The van der Waals surface area contributed by atoms with Crippen molar-refractivity contribution in [2.24, 2.45) is 14.1 Å². The number of aliphatic hydroxyl groups is 1. The normalized spacial score (nSPS) is 13.1. The van der Waals surface area contributed by atoms with Crippen molar-refractivity contribution in [1.29, 1.82) is 0 Å². The number of rotatable bonds is 11. The van der Waals surface area contributed by atoms with E-state index in [2.05, 4.69) is 5.32 Å². The third-order valence-electron chi connectivity index (χ3n) is 5.06. The summed E-state index contributed by atoms with van der Waals surface area (Å²) >= 11 is 0. The third kappa shape index (κ3) is 5.99. The van der Waals surface area contributed by atoms with Crippen LogP contribution >= 0.6 is 0 Å². The van der Waals surface area contributed by atoms with Crippen LogP contribution in [0.4, 0.5) is 11.5 Å². The molecule has 0 aliphatic rings. The molecule has 1 unspecified atom stereocenters. The molecule has 0 saturated carbocycles. The van der Waals surface area contributed by atoms with Crippen LogP contribution in [0.1, 0.15) is 12.0 Å². The lowest BCUT2D eigenvalue weighted by atomic mass is 10.1. The molecule has 11 nitrogen and oxygen atoms in total. The number of benzene rings is 1. The Morgan fingerprint density at radius 1 is 1.10 bits per heavy atom. The Morgan fingerprint density at radius 2 is 1.77 bits per heavy atom. The van der Waals surface area contributed by atoms with E-state index in [1.165, 1.54) is 29.8 Å². The molecule has 1 atom stereocenters. The maximum absolute atomic E-state index is 12.0. The van der Waals surface area contributed by atoms with E-state index in [1.807, 2.05) is 0 Å². The van der Waals surface area contributed by atoms with Gasteiger partial charge in [-0.05, 0) is 12.0 Å². The maximum Gasteiger partial charge on any atom is 0.332 e. The number of nitro benzene ring substituents is 1. The molecule has 0 aliphatic heterocycles. The van der Waals surface area contributed by atoms with Crippen LogP contribution in [0.5, 0.6) is 0 Å². The highest BCUT2D eigenvalue weighted by Crippen LogP contribution is 2.14. The number of aromatic nitrogens is 2. The van der Waals surface area contributed by atoms with Crippen molar-refractivity contribution in [2.75, 3.05) is 38.1 Å². The number of hydrogen-bond donors (Lipinski definition) is 3. The van der Waals surface area contributed by atoms with E-state index in [-0.39, 0.29) is 36.6 Å². The van der Waals surface area contributed by atoms with Gasteiger partial charge in [-0.3, -0.25) is 24.0 Å². The number of nitro groups is 1. The van der Waals surface area contributed by atoms with Crippen molar-refractivity contribution in [3.63, 3.8) is 0 Å². The zero-order valence-electron chi connectivity index (χ0n) is 17.2. The predicted molar refractivity (Wildman–Crippen MR) is 111 cm³/mol. The average Bonchev–Trinajstić information content (AvgIpc) is 2.70. The second-order valence-corrected chi connectivity index (χ2v) is 7.21. The number of non-ortho nitro benzene ring substituents is 1. The highest BCUT2D eigenvalue weighted by molar-refractivity contribution is 5.34. The zero-order valence-corrected chi connectivity index (χ0v) is 17.2. The standard InChI is InChI=1S/C19H27N5O6/c1-21-17(14-18(26)22(2)19(21)27)20-9-11-24(30,12-13-25)10-3-4-15-5-7-16(8-6-15)23(28)29/h5-8,14,25,30H,3-4,9-13H2,1-2H3/p+1. The quantitative estimate of drug-likeness (QED) is 0.268. The average molecular weight is 422 g/mol. The number of quaternary nitrogens is 1. The molecule has 0 fully saturated rings.